The first kappa shape index (κ1) is 22.1. The summed E-state index contributed by atoms with van der Waals surface area (Å²) < 4.78 is 33.3. The first-order valence-electron chi connectivity index (χ1n) is 10.1. The largest absolute Gasteiger partial charge is 0.354 e. The van der Waals surface area contributed by atoms with Crippen molar-refractivity contribution in [1.82, 2.24) is 5.16 Å². The summed E-state index contributed by atoms with van der Waals surface area (Å²) in [5.74, 6) is 0.481. The molecule has 1 heterocycles. The zero-order valence-electron chi connectivity index (χ0n) is 17.6. The van der Waals surface area contributed by atoms with Crippen LogP contribution < -0.4 is 10.0 Å². The van der Waals surface area contributed by atoms with Gasteiger partial charge in [-0.3, -0.25) is 9.52 Å². The molecular formula is C23H22ClN3O4S. The summed E-state index contributed by atoms with van der Waals surface area (Å²) in [6.07, 6.45) is 5.27. The van der Waals surface area contributed by atoms with E-state index in [1.54, 1.807) is 56.3 Å². The van der Waals surface area contributed by atoms with Crippen molar-refractivity contribution in [2.75, 3.05) is 10.0 Å². The van der Waals surface area contributed by atoms with Gasteiger partial charge in [0.25, 0.3) is 10.0 Å². The van der Waals surface area contributed by atoms with Crippen molar-refractivity contribution < 1.29 is 17.7 Å². The fourth-order valence-corrected chi connectivity index (χ4v) is 4.36. The van der Waals surface area contributed by atoms with Crippen molar-refractivity contribution in [1.29, 1.82) is 0 Å². The van der Waals surface area contributed by atoms with Crippen LogP contribution in [0.4, 0.5) is 11.4 Å². The molecule has 0 saturated heterocycles. The predicted octanol–water partition coefficient (Wildman–Crippen LogP) is 5.26. The SMILES string of the molecule is Cc1ccc(Cl)cc1NS(=O)(=O)c1ccc(/C=C\c2onc(C)c2NC(=O)C2CC2)cc1. The number of rotatable bonds is 7. The van der Waals surface area contributed by atoms with Gasteiger partial charge in [-0.15, -0.1) is 0 Å². The number of carbonyl (C=O) groups is 1. The van der Waals surface area contributed by atoms with Crippen molar-refractivity contribution in [2.45, 2.75) is 31.6 Å². The van der Waals surface area contributed by atoms with Crippen LogP contribution in [-0.4, -0.2) is 19.5 Å². The smallest absolute Gasteiger partial charge is 0.261 e. The van der Waals surface area contributed by atoms with Crippen LogP contribution in [0.2, 0.25) is 5.02 Å². The molecule has 3 aromatic rings. The molecule has 32 heavy (non-hydrogen) atoms. The lowest BCUT2D eigenvalue weighted by Gasteiger charge is -2.11. The van der Waals surface area contributed by atoms with Crippen molar-refractivity contribution in [3.63, 3.8) is 0 Å². The van der Waals surface area contributed by atoms with Gasteiger partial charge in [-0.1, -0.05) is 41.0 Å². The van der Waals surface area contributed by atoms with Gasteiger partial charge in [0.15, 0.2) is 5.76 Å². The average Bonchev–Trinajstić information content (AvgIpc) is 3.55. The van der Waals surface area contributed by atoms with Gasteiger partial charge in [-0.25, -0.2) is 8.42 Å². The molecule has 1 saturated carbocycles. The first-order valence-corrected chi connectivity index (χ1v) is 11.9. The van der Waals surface area contributed by atoms with Gasteiger partial charge in [-0.05, 0) is 68.2 Å². The third-order valence-electron chi connectivity index (χ3n) is 5.15. The number of amides is 1. The number of aryl methyl sites for hydroxylation is 2. The van der Waals surface area contributed by atoms with E-state index >= 15 is 0 Å². The molecular weight excluding hydrogens is 450 g/mol. The second-order valence-electron chi connectivity index (χ2n) is 7.74. The number of carbonyl (C=O) groups excluding carboxylic acids is 1. The molecule has 2 N–H and O–H groups in total. The summed E-state index contributed by atoms with van der Waals surface area (Å²) in [5, 5.41) is 7.25. The fraction of sp³-hybridized carbons (Fsp3) is 0.217. The maximum atomic E-state index is 12.7. The fourth-order valence-electron chi connectivity index (χ4n) is 3.06. The second kappa shape index (κ2) is 8.80. The number of nitrogens with zero attached hydrogens (tertiary/aromatic N) is 1. The number of hydrogen-bond acceptors (Lipinski definition) is 5. The summed E-state index contributed by atoms with van der Waals surface area (Å²) in [7, 11) is -3.76. The van der Waals surface area contributed by atoms with Gasteiger partial charge >= 0.3 is 0 Å². The third kappa shape index (κ3) is 5.03. The zero-order valence-corrected chi connectivity index (χ0v) is 19.1. The summed E-state index contributed by atoms with van der Waals surface area (Å²) in [5.41, 5.74) is 3.12. The average molecular weight is 472 g/mol. The van der Waals surface area contributed by atoms with Crippen LogP contribution in [0.5, 0.6) is 0 Å². The Balaban J connectivity index is 1.49. The summed E-state index contributed by atoms with van der Waals surface area (Å²) in [6, 6.07) is 11.4. The number of hydrogen-bond donors (Lipinski definition) is 2. The Kier molecular flexibility index (Phi) is 6.08. The Bertz CT molecular complexity index is 1290. The number of benzene rings is 2. The maximum Gasteiger partial charge on any atom is 0.261 e. The highest BCUT2D eigenvalue weighted by Gasteiger charge is 2.30. The van der Waals surface area contributed by atoms with Crippen LogP contribution >= 0.6 is 11.6 Å². The minimum atomic E-state index is -3.76. The maximum absolute atomic E-state index is 12.7. The normalized spacial score (nSPS) is 14.0. The highest BCUT2D eigenvalue weighted by Crippen LogP contribution is 2.32. The Morgan fingerprint density at radius 2 is 1.84 bits per heavy atom. The lowest BCUT2D eigenvalue weighted by Crippen LogP contribution is -2.14. The lowest BCUT2D eigenvalue weighted by atomic mass is 10.2. The second-order valence-corrected chi connectivity index (χ2v) is 9.86. The van der Waals surface area contributed by atoms with Crippen LogP contribution in [0.3, 0.4) is 0 Å². The number of aromatic nitrogens is 1. The van der Waals surface area contributed by atoms with E-state index in [1.165, 1.54) is 12.1 Å². The number of anilines is 2. The van der Waals surface area contributed by atoms with E-state index in [2.05, 4.69) is 15.2 Å². The van der Waals surface area contributed by atoms with Crippen molar-refractivity contribution in [3.8, 4) is 0 Å². The Labute approximate surface area is 191 Å². The Hall–Kier alpha value is -3.10. The van der Waals surface area contributed by atoms with E-state index in [0.29, 0.717) is 27.9 Å². The molecule has 1 fully saturated rings. The minimum absolute atomic E-state index is 0.0250. The van der Waals surface area contributed by atoms with Crippen LogP contribution in [0.25, 0.3) is 12.2 Å². The van der Waals surface area contributed by atoms with E-state index in [1.807, 2.05) is 0 Å². The van der Waals surface area contributed by atoms with E-state index in [0.717, 1.165) is 24.0 Å². The van der Waals surface area contributed by atoms with Gasteiger partial charge in [-0.2, -0.15) is 0 Å². The molecule has 0 aliphatic heterocycles. The van der Waals surface area contributed by atoms with Gasteiger partial charge in [0.2, 0.25) is 5.91 Å². The van der Waals surface area contributed by atoms with Gasteiger partial charge < -0.3 is 9.84 Å². The first-order chi connectivity index (χ1) is 15.2. The Morgan fingerprint density at radius 3 is 2.53 bits per heavy atom. The van der Waals surface area contributed by atoms with Crippen LogP contribution in [0.1, 0.15) is 35.4 Å². The molecule has 2 aromatic carbocycles. The molecule has 0 atom stereocenters. The Morgan fingerprint density at radius 1 is 1.12 bits per heavy atom. The highest BCUT2D eigenvalue weighted by atomic mass is 35.5. The molecule has 0 unspecified atom stereocenters. The van der Waals surface area contributed by atoms with E-state index in [4.69, 9.17) is 16.1 Å². The monoisotopic (exact) mass is 471 g/mol. The summed E-state index contributed by atoms with van der Waals surface area (Å²) in [6.45, 7) is 3.56. The van der Waals surface area contributed by atoms with Crippen molar-refractivity contribution in [3.05, 3.63) is 70.1 Å². The van der Waals surface area contributed by atoms with Crippen LogP contribution in [-0.2, 0) is 14.8 Å². The summed E-state index contributed by atoms with van der Waals surface area (Å²) >= 11 is 5.98. The molecule has 9 heteroatoms. The van der Waals surface area contributed by atoms with Crippen molar-refractivity contribution >= 4 is 51.1 Å². The molecule has 4 rings (SSSR count). The lowest BCUT2D eigenvalue weighted by molar-refractivity contribution is -0.117. The van der Waals surface area contributed by atoms with E-state index in [9.17, 15) is 13.2 Å². The van der Waals surface area contributed by atoms with E-state index in [-0.39, 0.29) is 16.7 Å². The predicted molar refractivity (Wildman–Crippen MR) is 125 cm³/mol. The molecule has 1 aromatic heterocycles. The van der Waals surface area contributed by atoms with Crippen LogP contribution in [0, 0.1) is 19.8 Å². The number of nitrogens with one attached hydrogen (secondary N) is 2. The molecule has 1 aliphatic rings. The van der Waals surface area contributed by atoms with Gasteiger partial charge in [0.05, 0.1) is 10.6 Å². The number of sulfonamides is 1. The number of halogens is 1. The molecule has 7 nitrogen and oxygen atoms in total. The van der Waals surface area contributed by atoms with Crippen LogP contribution in [0.15, 0.2) is 51.9 Å². The molecule has 166 valence electrons. The molecule has 0 radical (unpaired) electrons. The van der Waals surface area contributed by atoms with E-state index < -0.39 is 10.0 Å². The zero-order chi connectivity index (χ0) is 22.9. The third-order valence-corrected chi connectivity index (χ3v) is 6.76. The van der Waals surface area contributed by atoms with Gasteiger partial charge in [0, 0.05) is 10.9 Å². The van der Waals surface area contributed by atoms with Crippen molar-refractivity contribution in [2.24, 2.45) is 5.92 Å². The van der Waals surface area contributed by atoms with Gasteiger partial charge in [0.1, 0.15) is 11.4 Å². The topological polar surface area (TPSA) is 101 Å². The molecule has 0 bridgehead atoms. The highest BCUT2D eigenvalue weighted by molar-refractivity contribution is 7.92. The molecule has 1 amide bonds. The quantitative estimate of drug-likeness (QED) is 0.489. The standard InChI is InChI=1S/C23H22ClN3O4S/c1-14-3-9-18(24)13-20(14)27-32(29,30)19-10-4-16(5-11-19)6-12-21-22(15(2)26-31-21)25-23(28)17-7-8-17/h3-6,9-13,17,27H,7-8H2,1-2H3,(H,25,28)/b12-6-. The summed E-state index contributed by atoms with van der Waals surface area (Å²) in [4.78, 5) is 12.2. The minimum Gasteiger partial charge on any atom is -0.354 e. The molecule has 1 aliphatic carbocycles. The molecule has 0 spiro atoms.